The molecule has 2 atom stereocenters. The van der Waals surface area contributed by atoms with Crippen LogP contribution < -0.4 is 0 Å². The molecule has 27 heavy (non-hydrogen) atoms. The van der Waals surface area contributed by atoms with Gasteiger partial charge in [-0.05, 0) is 43.2 Å². The third-order valence-electron chi connectivity index (χ3n) is 5.22. The van der Waals surface area contributed by atoms with Crippen LogP contribution in [-0.2, 0) is 15.9 Å². The number of benzene rings is 2. The zero-order chi connectivity index (χ0) is 19.0. The van der Waals surface area contributed by atoms with Crippen molar-refractivity contribution in [2.24, 2.45) is 0 Å². The molecule has 0 aromatic heterocycles. The summed E-state index contributed by atoms with van der Waals surface area (Å²) in [6.45, 7) is 5.22. The lowest BCUT2D eigenvalue weighted by Gasteiger charge is -2.39. The molecule has 1 saturated heterocycles. The molecule has 0 saturated carbocycles. The monoisotopic (exact) mass is 367 g/mol. The molecule has 6 heteroatoms. The Morgan fingerprint density at radius 1 is 1.15 bits per heavy atom. The van der Waals surface area contributed by atoms with Crippen molar-refractivity contribution in [3.8, 4) is 0 Å². The Kier molecular flexibility index (Phi) is 4.53. The Morgan fingerprint density at radius 3 is 2.63 bits per heavy atom. The average Bonchev–Trinajstić information content (AvgIpc) is 2.67. The highest BCUT2D eigenvalue weighted by Crippen LogP contribution is 2.35. The summed E-state index contributed by atoms with van der Waals surface area (Å²) < 4.78 is 14.5. The maximum atomic E-state index is 11.0. The SMILES string of the molecule is CC1(C)OC[C@H]([N+]2=Cc3ccccc3CC2)[C@H](c2ccc([N+](=O)[O-])cc2)O1. The Morgan fingerprint density at radius 2 is 1.89 bits per heavy atom. The molecule has 140 valence electrons. The molecule has 4 rings (SSSR count). The van der Waals surface area contributed by atoms with Crippen molar-refractivity contribution in [1.29, 1.82) is 0 Å². The highest BCUT2D eigenvalue weighted by atomic mass is 16.7. The molecule has 2 heterocycles. The van der Waals surface area contributed by atoms with Crippen molar-refractivity contribution in [2.75, 3.05) is 13.2 Å². The minimum atomic E-state index is -0.698. The predicted molar refractivity (Wildman–Crippen MR) is 101 cm³/mol. The normalized spacial score (nSPS) is 24.0. The minimum Gasteiger partial charge on any atom is -0.343 e. The van der Waals surface area contributed by atoms with E-state index in [9.17, 15) is 10.1 Å². The molecule has 0 spiro atoms. The molecular weight excluding hydrogens is 344 g/mol. The topological polar surface area (TPSA) is 64.6 Å². The van der Waals surface area contributed by atoms with Crippen LogP contribution in [0.2, 0.25) is 0 Å². The van der Waals surface area contributed by atoms with Crippen molar-refractivity contribution < 1.29 is 19.0 Å². The van der Waals surface area contributed by atoms with Gasteiger partial charge in [-0.2, -0.15) is 0 Å². The van der Waals surface area contributed by atoms with Gasteiger partial charge in [0.15, 0.2) is 12.0 Å². The second-order valence-corrected chi connectivity index (χ2v) is 7.48. The molecule has 2 aromatic carbocycles. The largest absolute Gasteiger partial charge is 0.343 e. The van der Waals surface area contributed by atoms with Crippen molar-refractivity contribution in [3.05, 3.63) is 75.3 Å². The van der Waals surface area contributed by atoms with E-state index in [1.807, 2.05) is 19.9 Å². The van der Waals surface area contributed by atoms with Gasteiger partial charge in [-0.1, -0.05) is 18.2 Å². The number of nitrogens with zero attached hydrogens (tertiary/aromatic N) is 2. The highest BCUT2D eigenvalue weighted by molar-refractivity contribution is 5.78. The van der Waals surface area contributed by atoms with E-state index in [4.69, 9.17) is 9.47 Å². The predicted octanol–water partition coefficient (Wildman–Crippen LogP) is 3.48. The molecular formula is C21H23N2O4+. The fraction of sp³-hybridized carbons (Fsp3) is 0.381. The maximum absolute atomic E-state index is 11.0. The van der Waals surface area contributed by atoms with Crippen LogP contribution in [0.1, 0.15) is 36.6 Å². The van der Waals surface area contributed by atoms with Gasteiger partial charge in [0.1, 0.15) is 19.3 Å². The molecule has 0 bridgehead atoms. The fourth-order valence-electron chi connectivity index (χ4n) is 3.78. The highest BCUT2D eigenvalue weighted by Gasteiger charge is 2.43. The van der Waals surface area contributed by atoms with Gasteiger partial charge in [0, 0.05) is 24.1 Å². The summed E-state index contributed by atoms with van der Waals surface area (Å²) in [4.78, 5) is 10.6. The van der Waals surface area contributed by atoms with Gasteiger partial charge in [-0.3, -0.25) is 10.1 Å². The first-order valence-electron chi connectivity index (χ1n) is 9.18. The summed E-state index contributed by atoms with van der Waals surface area (Å²) in [6.07, 6.45) is 2.92. The van der Waals surface area contributed by atoms with E-state index < -0.39 is 5.79 Å². The summed E-state index contributed by atoms with van der Waals surface area (Å²) in [6, 6.07) is 15.0. The smallest absolute Gasteiger partial charge is 0.269 e. The minimum absolute atomic E-state index is 0.00726. The van der Waals surface area contributed by atoms with Crippen molar-refractivity contribution in [3.63, 3.8) is 0 Å². The molecule has 0 radical (unpaired) electrons. The molecule has 0 unspecified atom stereocenters. The number of ether oxygens (including phenoxy) is 2. The number of hydrogen-bond donors (Lipinski definition) is 0. The average molecular weight is 367 g/mol. The molecule has 1 fully saturated rings. The lowest BCUT2D eigenvalue weighted by molar-refractivity contribution is -0.595. The van der Waals surface area contributed by atoms with Gasteiger partial charge in [0.25, 0.3) is 5.69 Å². The van der Waals surface area contributed by atoms with Gasteiger partial charge in [-0.25, -0.2) is 4.58 Å². The van der Waals surface area contributed by atoms with Gasteiger partial charge >= 0.3 is 0 Å². The summed E-state index contributed by atoms with van der Waals surface area (Å²) in [5.74, 6) is -0.698. The standard InChI is InChI=1S/C21H23N2O4/c1-21(2)26-14-19(22-12-11-15-5-3-4-6-17(15)13-22)20(27-21)16-7-9-18(10-8-16)23(24)25/h3-10,13,19-20H,11-12,14H2,1-2H3/q+1/t19-,20-/m0/s1. The zero-order valence-electron chi connectivity index (χ0n) is 15.5. The Hall–Kier alpha value is -2.57. The first kappa shape index (κ1) is 17.8. The third kappa shape index (κ3) is 3.63. The third-order valence-corrected chi connectivity index (χ3v) is 5.22. The summed E-state index contributed by atoms with van der Waals surface area (Å²) >= 11 is 0. The number of nitro benzene ring substituents is 1. The van der Waals surface area contributed by atoms with Gasteiger partial charge < -0.3 is 9.47 Å². The molecule has 0 N–H and O–H groups in total. The summed E-state index contributed by atoms with van der Waals surface area (Å²) in [5, 5.41) is 11.0. The van der Waals surface area contributed by atoms with Crippen LogP contribution in [0.4, 0.5) is 5.69 Å². The van der Waals surface area contributed by atoms with Crippen LogP contribution in [-0.4, -0.2) is 40.7 Å². The quantitative estimate of drug-likeness (QED) is 0.473. The molecule has 0 aliphatic carbocycles. The van der Waals surface area contributed by atoms with E-state index >= 15 is 0 Å². The molecule has 2 aliphatic heterocycles. The first-order chi connectivity index (χ1) is 12.9. The van der Waals surface area contributed by atoms with Crippen molar-refractivity contribution in [2.45, 2.75) is 38.2 Å². The lowest BCUT2D eigenvalue weighted by atomic mass is 9.96. The Balaban J connectivity index is 1.68. The number of fused-ring (bicyclic) bond motifs is 1. The summed E-state index contributed by atoms with van der Waals surface area (Å²) in [7, 11) is 0. The van der Waals surface area contributed by atoms with Gasteiger partial charge in [0.05, 0.1) is 4.92 Å². The van der Waals surface area contributed by atoms with E-state index in [-0.39, 0.29) is 22.8 Å². The number of non-ortho nitro benzene ring substituents is 1. The first-order valence-corrected chi connectivity index (χ1v) is 9.18. The van der Waals surface area contributed by atoms with Crippen LogP contribution in [0, 0.1) is 10.1 Å². The second kappa shape index (κ2) is 6.87. The van der Waals surface area contributed by atoms with Crippen molar-refractivity contribution in [1.82, 2.24) is 0 Å². The molecule has 2 aliphatic rings. The van der Waals surface area contributed by atoms with Crippen LogP contribution in [0.25, 0.3) is 0 Å². The number of rotatable bonds is 3. The second-order valence-electron chi connectivity index (χ2n) is 7.48. The maximum Gasteiger partial charge on any atom is 0.269 e. The van der Waals surface area contributed by atoms with Crippen molar-refractivity contribution >= 4 is 11.9 Å². The zero-order valence-corrected chi connectivity index (χ0v) is 15.5. The van der Waals surface area contributed by atoms with Gasteiger partial charge in [0.2, 0.25) is 6.04 Å². The Bertz CT molecular complexity index is 889. The van der Waals surface area contributed by atoms with E-state index in [2.05, 4.69) is 29.0 Å². The molecule has 0 amide bonds. The number of hydrogen-bond acceptors (Lipinski definition) is 4. The van der Waals surface area contributed by atoms with Crippen LogP contribution in [0.5, 0.6) is 0 Å². The van der Waals surface area contributed by atoms with Gasteiger partial charge in [-0.15, -0.1) is 0 Å². The molecule has 2 aromatic rings. The van der Waals surface area contributed by atoms with E-state index in [1.54, 1.807) is 12.1 Å². The van der Waals surface area contributed by atoms with E-state index in [1.165, 1.54) is 23.3 Å². The lowest BCUT2D eigenvalue weighted by Crippen LogP contribution is -2.50. The van der Waals surface area contributed by atoms with E-state index in [0.717, 1.165) is 18.5 Å². The fourth-order valence-corrected chi connectivity index (χ4v) is 3.78. The van der Waals surface area contributed by atoms with Crippen LogP contribution in [0.3, 0.4) is 0 Å². The molecule has 6 nitrogen and oxygen atoms in total. The Labute approximate surface area is 158 Å². The van der Waals surface area contributed by atoms with E-state index in [0.29, 0.717) is 6.61 Å². The van der Waals surface area contributed by atoms with Crippen LogP contribution >= 0.6 is 0 Å². The van der Waals surface area contributed by atoms with Crippen LogP contribution in [0.15, 0.2) is 48.5 Å². The summed E-state index contributed by atoms with van der Waals surface area (Å²) in [5.41, 5.74) is 3.57. The number of nitro groups is 1.